The Morgan fingerprint density at radius 1 is 1.07 bits per heavy atom. The largest absolute Gasteiger partial charge is 0.503 e. The second-order valence-electron chi connectivity index (χ2n) is 6.57. The van der Waals surface area contributed by atoms with Crippen molar-refractivity contribution in [3.8, 4) is 22.6 Å². The SMILES string of the molecule is COc1cccc(-c2cn3ccn(Cc4cccc(Cl)c4)c(=O)c3c(O)c2=O)c1. The molecular weight excluding hydrogens is 392 g/mol. The number of aromatic nitrogens is 2. The van der Waals surface area contributed by atoms with E-state index in [1.165, 1.54) is 22.3 Å². The molecule has 0 bridgehead atoms. The highest BCUT2D eigenvalue weighted by Crippen LogP contribution is 2.24. The quantitative estimate of drug-likeness (QED) is 0.560. The summed E-state index contributed by atoms with van der Waals surface area (Å²) in [5, 5.41) is 11.1. The van der Waals surface area contributed by atoms with Gasteiger partial charge in [0.25, 0.3) is 5.56 Å². The lowest BCUT2D eigenvalue weighted by Crippen LogP contribution is -2.24. The Bertz CT molecular complexity index is 1340. The lowest BCUT2D eigenvalue weighted by molar-refractivity contribution is 0.415. The van der Waals surface area contributed by atoms with E-state index in [2.05, 4.69) is 0 Å². The van der Waals surface area contributed by atoms with Gasteiger partial charge >= 0.3 is 0 Å². The Morgan fingerprint density at radius 2 is 1.86 bits per heavy atom. The fraction of sp³-hybridized carbons (Fsp3) is 0.0909. The molecule has 0 unspecified atom stereocenters. The number of rotatable bonds is 4. The maximum absolute atomic E-state index is 12.9. The van der Waals surface area contributed by atoms with Crippen LogP contribution >= 0.6 is 11.6 Å². The third-order valence-electron chi connectivity index (χ3n) is 4.70. The lowest BCUT2D eigenvalue weighted by Gasteiger charge is -2.12. The number of fused-ring (bicyclic) bond motifs is 1. The van der Waals surface area contributed by atoms with Gasteiger partial charge in [-0.3, -0.25) is 9.59 Å². The molecule has 2 heterocycles. The molecule has 146 valence electrons. The number of aromatic hydroxyl groups is 1. The average molecular weight is 409 g/mol. The van der Waals surface area contributed by atoms with E-state index in [9.17, 15) is 14.7 Å². The van der Waals surface area contributed by atoms with Crippen molar-refractivity contribution in [3.05, 3.63) is 98.3 Å². The van der Waals surface area contributed by atoms with Gasteiger partial charge in [0.2, 0.25) is 5.43 Å². The summed E-state index contributed by atoms with van der Waals surface area (Å²) in [6.45, 7) is 0.265. The molecule has 0 radical (unpaired) electrons. The molecule has 0 fully saturated rings. The van der Waals surface area contributed by atoms with Gasteiger partial charge in [0.1, 0.15) is 5.75 Å². The molecule has 1 N–H and O–H groups in total. The Hall–Kier alpha value is -3.51. The molecule has 4 rings (SSSR count). The molecule has 7 heteroatoms. The highest BCUT2D eigenvalue weighted by molar-refractivity contribution is 6.30. The first-order valence-corrected chi connectivity index (χ1v) is 9.22. The highest BCUT2D eigenvalue weighted by Gasteiger charge is 2.16. The number of pyridine rings is 1. The zero-order chi connectivity index (χ0) is 20.5. The van der Waals surface area contributed by atoms with Crippen LogP contribution < -0.4 is 15.7 Å². The summed E-state index contributed by atoms with van der Waals surface area (Å²) < 4.78 is 8.08. The normalized spacial score (nSPS) is 11.0. The van der Waals surface area contributed by atoms with Crippen LogP contribution in [0.25, 0.3) is 16.6 Å². The van der Waals surface area contributed by atoms with Gasteiger partial charge < -0.3 is 18.8 Å². The van der Waals surface area contributed by atoms with Gasteiger partial charge in [-0.1, -0.05) is 35.9 Å². The van der Waals surface area contributed by atoms with Crippen molar-refractivity contribution in [3.63, 3.8) is 0 Å². The maximum Gasteiger partial charge on any atom is 0.279 e. The predicted molar refractivity (Wildman–Crippen MR) is 112 cm³/mol. The van der Waals surface area contributed by atoms with Gasteiger partial charge in [0.15, 0.2) is 11.3 Å². The molecule has 2 aromatic heterocycles. The van der Waals surface area contributed by atoms with Gasteiger partial charge in [-0.2, -0.15) is 0 Å². The summed E-state index contributed by atoms with van der Waals surface area (Å²) in [7, 11) is 1.53. The van der Waals surface area contributed by atoms with Crippen LogP contribution in [-0.4, -0.2) is 21.2 Å². The van der Waals surface area contributed by atoms with Crippen molar-refractivity contribution in [1.29, 1.82) is 0 Å². The smallest absolute Gasteiger partial charge is 0.279 e. The lowest BCUT2D eigenvalue weighted by atomic mass is 10.1. The second kappa shape index (κ2) is 7.48. The molecule has 0 aliphatic heterocycles. The van der Waals surface area contributed by atoms with Gasteiger partial charge in [-0.25, -0.2) is 0 Å². The molecule has 6 nitrogen and oxygen atoms in total. The minimum absolute atomic E-state index is 0.0776. The number of halogens is 1. The van der Waals surface area contributed by atoms with Gasteiger partial charge in [-0.05, 0) is 35.4 Å². The molecule has 29 heavy (non-hydrogen) atoms. The van der Waals surface area contributed by atoms with Crippen molar-refractivity contribution in [1.82, 2.24) is 8.97 Å². The Morgan fingerprint density at radius 3 is 2.62 bits per heavy atom. The molecule has 0 amide bonds. The third-order valence-corrected chi connectivity index (χ3v) is 4.94. The van der Waals surface area contributed by atoms with Crippen molar-refractivity contribution >= 4 is 17.1 Å². The van der Waals surface area contributed by atoms with Crippen LogP contribution in [0, 0.1) is 0 Å². The minimum Gasteiger partial charge on any atom is -0.503 e. The van der Waals surface area contributed by atoms with E-state index < -0.39 is 16.7 Å². The average Bonchev–Trinajstić information content (AvgIpc) is 2.72. The van der Waals surface area contributed by atoms with E-state index in [0.29, 0.717) is 16.3 Å². The predicted octanol–water partition coefficient (Wildman–Crippen LogP) is 3.54. The molecule has 0 saturated heterocycles. The Balaban J connectivity index is 1.86. The Labute approximate surface area is 170 Å². The number of ether oxygens (including phenoxy) is 1. The number of nitrogens with zero attached hydrogens (tertiary/aromatic N) is 2. The Kier molecular flexibility index (Phi) is 4.86. The highest BCUT2D eigenvalue weighted by atomic mass is 35.5. The van der Waals surface area contributed by atoms with Crippen LogP contribution in [0.5, 0.6) is 11.5 Å². The van der Waals surface area contributed by atoms with Crippen LogP contribution in [0.2, 0.25) is 5.02 Å². The first-order valence-electron chi connectivity index (χ1n) is 8.84. The first kappa shape index (κ1) is 18.8. The van der Waals surface area contributed by atoms with Crippen LogP contribution in [0.15, 0.2) is 76.7 Å². The summed E-state index contributed by atoms with van der Waals surface area (Å²) in [6.07, 6.45) is 4.77. The molecule has 0 atom stereocenters. The van der Waals surface area contributed by atoms with Gasteiger partial charge in [-0.15, -0.1) is 0 Å². The van der Waals surface area contributed by atoms with Crippen molar-refractivity contribution < 1.29 is 9.84 Å². The van der Waals surface area contributed by atoms with Crippen LogP contribution in [0.3, 0.4) is 0 Å². The van der Waals surface area contributed by atoms with E-state index in [1.54, 1.807) is 54.9 Å². The third kappa shape index (κ3) is 3.50. The van der Waals surface area contributed by atoms with Gasteiger partial charge in [0.05, 0.1) is 13.7 Å². The molecule has 0 aliphatic carbocycles. The summed E-state index contributed by atoms with van der Waals surface area (Å²) in [5.74, 6) is -0.000750. The topological polar surface area (TPSA) is 72.9 Å². The standard InChI is InChI=1S/C22H17ClN2O4/c1-29-17-7-3-5-15(11-17)18-13-24-8-9-25(12-14-4-2-6-16(23)10-14)22(28)19(24)21(27)20(18)26/h2-11,13,27H,12H2,1H3. The summed E-state index contributed by atoms with van der Waals surface area (Å²) in [5.41, 5.74) is 0.521. The molecular formula is C22H17ClN2O4. The fourth-order valence-corrected chi connectivity index (χ4v) is 3.47. The number of methoxy groups -OCH3 is 1. The van der Waals surface area contributed by atoms with Gasteiger partial charge in [0, 0.05) is 29.2 Å². The van der Waals surface area contributed by atoms with E-state index in [4.69, 9.17) is 16.3 Å². The monoisotopic (exact) mass is 408 g/mol. The van der Waals surface area contributed by atoms with Crippen LogP contribution in [-0.2, 0) is 6.54 Å². The van der Waals surface area contributed by atoms with Crippen molar-refractivity contribution in [2.75, 3.05) is 7.11 Å². The summed E-state index contributed by atoms with van der Waals surface area (Å²) >= 11 is 6.01. The van der Waals surface area contributed by atoms with E-state index >= 15 is 0 Å². The number of hydrogen-bond acceptors (Lipinski definition) is 4. The molecule has 0 saturated carbocycles. The van der Waals surface area contributed by atoms with Crippen molar-refractivity contribution in [2.45, 2.75) is 6.54 Å². The first-order chi connectivity index (χ1) is 14.0. The minimum atomic E-state index is -0.615. The summed E-state index contributed by atoms with van der Waals surface area (Å²) in [4.78, 5) is 25.7. The molecule has 0 spiro atoms. The fourth-order valence-electron chi connectivity index (χ4n) is 3.26. The van der Waals surface area contributed by atoms with E-state index in [-0.39, 0.29) is 17.6 Å². The summed E-state index contributed by atoms with van der Waals surface area (Å²) in [6, 6.07) is 14.1. The molecule has 4 aromatic rings. The molecule has 0 aliphatic rings. The zero-order valence-electron chi connectivity index (χ0n) is 15.5. The van der Waals surface area contributed by atoms with Crippen LogP contribution in [0.4, 0.5) is 0 Å². The number of benzene rings is 2. The zero-order valence-corrected chi connectivity index (χ0v) is 16.3. The van der Waals surface area contributed by atoms with E-state index in [0.717, 1.165) is 5.56 Å². The van der Waals surface area contributed by atoms with Crippen molar-refractivity contribution in [2.24, 2.45) is 0 Å². The molecule has 2 aromatic carbocycles. The number of hydrogen-bond donors (Lipinski definition) is 1. The van der Waals surface area contributed by atoms with Crippen LogP contribution in [0.1, 0.15) is 5.56 Å². The maximum atomic E-state index is 12.9. The van der Waals surface area contributed by atoms with E-state index in [1.807, 2.05) is 6.07 Å². The second-order valence-corrected chi connectivity index (χ2v) is 7.01.